The highest BCUT2D eigenvalue weighted by Gasteiger charge is 2.41. The van der Waals surface area contributed by atoms with Gasteiger partial charge in [-0.25, -0.2) is 0 Å². The molecule has 5 rings (SSSR count). The van der Waals surface area contributed by atoms with Crippen molar-refractivity contribution in [1.82, 2.24) is 5.32 Å². The number of allylic oxidation sites excluding steroid dienone is 3. The molecule has 0 saturated carbocycles. The van der Waals surface area contributed by atoms with Gasteiger partial charge in [-0.3, -0.25) is 9.59 Å². The second kappa shape index (κ2) is 11.5. The number of carbonyl (C=O) groups is 2. The zero-order valence-corrected chi connectivity index (χ0v) is 23.6. The van der Waals surface area contributed by atoms with Crippen LogP contribution in [-0.2, 0) is 9.59 Å². The van der Waals surface area contributed by atoms with Crippen LogP contribution in [0.5, 0.6) is 17.2 Å². The first kappa shape index (κ1) is 27.3. The van der Waals surface area contributed by atoms with E-state index >= 15 is 0 Å². The Hall–Kier alpha value is -4.23. The number of amides is 1. The van der Waals surface area contributed by atoms with Gasteiger partial charge >= 0.3 is 0 Å². The third-order valence-corrected chi connectivity index (χ3v) is 7.75. The predicted molar refractivity (Wildman–Crippen MR) is 155 cm³/mol. The molecule has 3 aromatic carbocycles. The van der Waals surface area contributed by atoms with Crippen molar-refractivity contribution in [2.45, 2.75) is 31.6 Å². The van der Waals surface area contributed by atoms with E-state index < -0.39 is 5.92 Å². The fraction of sp³-hybridized carbons (Fsp3) is 0.250. The Bertz CT molecular complexity index is 1510. The number of benzene rings is 3. The number of hydrogen-bond acceptors (Lipinski definition) is 6. The molecule has 1 amide bonds. The summed E-state index contributed by atoms with van der Waals surface area (Å²) in [5.74, 6) is 1.08. The molecular weight excluding hydrogens is 528 g/mol. The van der Waals surface area contributed by atoms with E-state index in [-0.39, 0.29) is 17.6 Å². The highest BCUT2D eigenvalue weighted by atomic mass is 35.5. The summed E-state index contributed by atoms with van der Waals surface area (Å²) in [7, 11) is 4.79. The van der Waals surface area contributed by atoms with E-state index in [4.69, 9.17) is 25.8 Å². The summed E-state index contributed by atoms with van der Waals surface area (Å²) in [6.07, 6.45) is 0.928. The van der Waals surface area contributed by atoms with Gasteiger partial charge in [0.1, 0.15) is 5.75 Å². The van der Waals surface area contributed by atoms with Gasteiger partial charge in [0.2, 0.25) is 0 Å². The molecule has 2 atom stereocenters. The SMILES string of the molecule is COc1ccc(NC(=O)C2=C(C)NC3=C(C(=O)C[C@H](c4ccc(OC)c(OC)c4)C3)[C@H]2c2ccc(Cl)cc2)cc1. The van der Waals surface area contributed by atoms with Crippen molar-refractivity contribution in [3.63, 3.8) is 0 Å². The first-order valence-corrected chi connectivity index (χ1v) is 13.4. The Morgan fingerprint density at radius 1 is 0.875 bits per heavy atom. The molecule has 1 aliphatic heterocycles. The summed E-state index contributed by atoms with van der Waals surface area (Å²) >= 11 is 6.20. The quantitative estimate of drug-likeness (QED) is 0.351. The monoisotopic (exact) mass is 558 g/mol. The van der Waals surface area contributed by atoms with E-state index in [1.54, 1.807) is 57.7 Å². The second-order valence-corrected chi connectivity index (χ2v) is 10.3. The van der Waals surface area contributed by atoms with Gasteiger partial charge in [-0.05, 0) is 78.9 Å². The first-order valence-electron chi connectivity index (χ1n) is 13.0. The normalized spacial score (nSPS) is 18.6. The molecule has 2 aliphatic rings. The number of dihydropyridines is 1. The number of halogens is 1. The molecule has 1 aliphatic carbocycles. The van der Waals surface area contributed by atoms with Crippen LogP contribution in [0.15, 0.2) is 89.3 Å². The van der Waals surface area contributed by atoms with E-state index in [1.807, 2.05) is 37.3 Å². The van der Waals surface area contributed by atoms with Gasteiger partial charge in [0.15, 0.2) is 17.3 Å². The van der Waals surface area contributed by atoms with Crippen LogP contribution in [0.25, 0.3) is 0 Å². The van der Waals surface area contributed by atoms with Crippen molar-refractivity contribution >= 4 is 29.0 Å². The fourth-order valence-corrected chi connectivity index (χ4v) is 5.67. The average molecular weight is 559 g/mol. The minimum Gasteiger partial charge on any atom is -0.497 e. The number of hydrogen-bond donors (Lipinski definition) is 2. The molecule has 0 fully saturated rings. The maximum absolute atomic E-state index is 13.9. The number of nitrogens with one attached hydrogen (secondary N) is 2. The van der Waals surface area contributed by atoms with Crippen LogP contribution in [0, 0.1) is 0 Å². The molecular formula is C32H31ClN2O5. The van der Waals surface area contributed by atoms with Crippen LogP contribution >= 0.6 is 11.6 Å². The van der Waals surface area contributed by atoms with Crippen LogP contribution in [0.4, 0.5) is 5.69 Å². The molecule has 0 bridgehead atoms. The van der Waals surface area contributed by atoms with Crippen LogP contribution < -0.4 is 24.8 Å². The molecule has 2 N–H and O–H groups in total. The summed E-state index contributed by atoms with van der Waals surface area (Å²) in [5.41, 5.74) is 5.09. The van der Waals surface area contributed by atoms with Crippen molar-refractivity contribution in [2.24, 2.45) is 0 Å². The van der Waals surface area contributed by atoms with Gasteiger partial charge in [-0.2, -0.15) is 0 Å². The number of Topliss-reactive ketones (excluding diaryl/α,β-unsaturated/α-hetero) is 1. The Morgan fingerprint density at radius 3 is 2.20 bits per heavy atom. The number of rotatable bonds is 7. The van der Waals surface area contributed by atoms with Crippen molar-refractivity contribution in [3.8, 4) is 17.2 Å². The molecule has 7 nitrogen and oxygen atoms in total. The average Bonchev–Trinajstić information content (AvgIpc) is 2.96. The van der Waals surface area contributed by atoms with Crippen molar-refractivity contribution in [3.05, 3.63) is 105 Å². The Morgan fingerprint density at radius 2 is 1.55 bits per heavy atom. The highest BCUT2D eigenvalue weighted by Crippen LogP contribution is 2.46. The number of ether oxygens (including phenoxy) is 3. The summed E-state index contributed by atoms with van der Waals surface area (Å²) in [6, 6.07) is 20.2. The predicted octanol–water partition coefficient (Wildman–Crippen LogP) is 6.37. The Balaban J connectivity index is 1.52. The lowest BCUT2D eigenvalue weighted by atomic mass is 9.71. The van der Waals surface area contributed by atoms with Gasteiger partial charge < -0.3 is 24.8 Å². The van der Waals surface area contributed by atoms with E-state index in [0.29, 0.717) is 57.6 Å². The largest absolute Gasteiger partial charge is 0.497 e. The van der Waals surface area contributed by atoms with Crippen LogP contribution in [0.1, 0.15) is 42.7 Å². The summed E-state index contributed by atoms with van der Waals surface area (Å²) < 4.78 is 16.1. The van der Waals surface area contributed by atoms with Crippen LogP contribution in [0.3, 0.4) is 0 Å². The molecule has 0 aromatic heterocycles. The second-order valence-electron chi connectivity index (χ2n) is 9.87. The topological polar surface area (TPSA) is 85.9 Å². The molecule has 3 aromatic rings. The summed E-state index contributed by atoms with van der Waals surface area (Å²) in [6.45, 7) is 1.88. The lowest BCUT2D eigenvalue weighted by Crippen LogP contribution is -2.37. The van der Waals surface area contributed by atoms with E-state index in [9.17, 15) is 9.59 Å². The number of carbonyl (C=O) groups excluding carboxylic acids is 2. The van der Waals surface area contributed by atoms with Gasteiger partial charge in [-0.15, -0.1) is 0 Å². The molecule has 0 spiro atoms. The van der Waals surface area contributed by atoms with E-state index in [1.165, 1.54) is 0 Å². The van der Waals surface area contributed by atoms with Gasteiger partial charge in [0.25, 0.3) is 5.91 Å². The molecule has 8 heteroatoms. The van der Waals surface area contributed by atoms with Crippen molar-refractivity contribution < 1.29 is 23.8 Å². The minimum absolute atomic E-state index is 0.00395. The van der Waals surface area contributed by atoms with E-state index in [2.05, 4.69) is 10.6 Å². The minimum atomic E-state index is -0.536. The molecule has 40 heavy (non-hydrogen) atoms. The number of ketones is 1. The zero-order chi connectivity index (χ0) is 28.4. The summed E-state index contributed by atoms with van der Waals surface area (Å²) in [4.78, 5) is 27.7. The third-order valence-electron chi connectivity index (χ3n) is 7.50. The molecule has 0 unspecified atom stereocenters. The molecule has 206 valence electrons. The molecule has 0 radical (unpaired) electrons. The third kappa shape index (κ3) is 5.29. The van der Waals surface area contributed by atoms with E-state index in [0.717, 1.165) is 16.8 Å². The number of methoxy groups -OCH3 is 3. The number of anilines is 1. The fourth-order valence-electron chi connectivity index (χ4n) is 5.54. The summed E-state index contributed by atoms with van der Waals surface area (Å²) in [5, 5.41) is 7.00. The lowest BCUT2D eigenvalue weighted by Gasteiger charge is -2.37. The lowest BCUT2D eigenvalue weighted by molar-refractivity contribution is -0.116. The Kier molecular flexibility index (Phi) is 7.85. The van der Waals surface area contributed by atoms with Gasteiger partial charge in [0.05, 0.1) is 21.3 Å². The molecule has 0 saturated heterocycles. The maximum atomic E-state index is 13.9. The smallest absolute Gasteiger partial charge is 0.254 e. The van der Waals surface area contributed by atoms with Crippen molar-refractivity contribution in [2.75, 3.05) is 26.6 Å². The zero-order valence-electron chi connectivity index (χ0n) is 22.8. The highest BCUT2D eigenvalue weighted by molar-refractivity contribution is 6.30. The van der Waals surface area contributed by atoms with Gasteiger partial charge in [0, 0.05) is 45.6 Å². The van der Waals surface area contributed by atoms with Crippen LogP contribution in [-0.4, -0.2) is 33.0 Å². The Labute approximate surface area is 238 Å². The van der Waals surface area contributed by atoms with Gasteiger partial charge in [-0.1, -0.05) is 29.8 Å². The standard InChI is InChI=1S/C32H31ClN2O5/c1-18-29(32(37)35-23-10-12-24(38-2)13-11-23)30(19-5-8-22(33)9-6-19)31-25(34-18)15-21(16-26(31)36)20-7-14-27(39-3)28(17-20)40-4/h5-14,17,21,30,34H,15-16H2,1-4H3,(H,35,37)/t21-,30+/m1/s1. The van der Waals surface area contributed by atoms with Crippen LogP contribution in [0.2, 0.25) is 5.02 Å². The first-order chi connectivity index (χ1) is 19.3. The molecule has 1 heterocycles. The van der Waals surface area contributed by atoms with Crippen molar-refractivity contribution in [1.29, 1.82) is 0 Å². The maximum Gasteiger partial charge on any atom is 0.254 e.